The summed E-state index contributed by atoms with van der Waals surface area (Å²) in [7, 11) is 0. The molecule has 98 valence electrons. The fourth-order valence-corrected chi connectivity index (χ4v) is 2.28. The second-order valence-corrected chi connectivity index (χ2v) is 5.11. The van der Waals surface area contributed by atoms with E-state index in [1.807, 2.05) is 11.4 Å². The number of hydrogen-bond acceptors (Lipinski definition) is 2. The maximum absolute atomic E-state index is 10.3. The van der Waals surface area contributed by atoms with E-state index in [1.54, 1.807) is 11.3 Å². The summed E-state index contributed by atoms with van der Waals surface area (Å²) in [6, 6.07) is 2.04. The quantitative estimate of drug-likeness (QED) is 0.561. The number of carbonyl (C=O) groups is 1. The Bertz CT molecular complexity index is 384. The highest BCUT2D eigenvalue weighted by Crippen LogP contribution is 2.08. The Morgan fingerprint density at radius 2 is 1.89 bits per heavy atom. The number of carboxylic acids is 1. The Balaban J connectivity index is 1.88. The van der Waals surface area contributed by atoms with Crippen molar-refractivity contribution in [1.82, 2.24) is 0 Å². The summed E-state index contributed by atoms with van der Waals surface area (Å²) < 4.78 is 0. The minimum Gasteiger partial charge on any atom is -0.481 e. The fraction of sp³-hybridized carbons (Fsp3) is 0.533. The highest BCUT2D eigenvalue weighted by molar-refractivity contribution is 7.08. The highest BCUT2D eigenvalue weighted by Gasteiger charge is 1.96. The number of hydrogen-bond donors (Lipinski definition) is 1. The van der Waals surface area contributed by atoms with E-state index in [0.717, 1.165) is 37.7 Å². The third-order valence-corrected chi connectivity index (χ3v) is 3.38. The molecule has 0 aliphatic heterocycles. The molecule has 0 atom stereocenters. The standard InChI is InChI=1S/C15H20O2S/c16-15(17)10-8-6-4-2-1-3-5-7-9-14-11-12-18-13-14/h11-13H,1-6,8,10H2,(H,16,17). The molecular weight excluding hydrogens is 244 g/mol. The Morgan fingerprint density at radius 3 is 2.56 bits per heavy atom. The zero-order valence-electron chi connectivity index (χ0n) is 10.7. The van der Waals surface area contributed by atoms with Crippen LogP contribution in [0, 0.1) is 11.8 Å². The molecule has 0 unspecified atom stereocenters. The van der Waals surface area contributed by atoms with Gasteiger partial charge in [0.1, 0.15) is 0 Å². The molecule has 0 bridgehead atoms. The molecule has 1 N–H and O–H groups in total. The molecule has 0 spiro atoms. The average molecular weight is 264 g/mol. The van der Waals surface area contributed by atoms with Crippen molar-refractivity contribution in [3.8, 4) is 11.8 Å². The second-order valence-electron chi connectivity index (χ2n) is 4.33. The summed E-state index contributed by atoms with van der Waals surface area (Å²) in [5, 5.41) is 12.6. The Labute approximate surface area is 113 Å². The smallest absolute Gasteiger partial charge is 0.303 e. The van der Waals surface area contributed by atoms with Crippen molar-refractivity contribution >= 4 is 17.3 Å². The van der Waals surface area contributed by atoms with Gasteiger partial charge < -0.3 is 5.11 Å². The van der Waals surface area contributed by atoms with Gasteiger partial charge in [0.25, 0.3) is 0 Å². The van der Waals surface area contributed by atoms with E-state index in [4.69, 9.17) is 5.11 Å². The molecule has 0 fully saturated rings. The van der Waals surface area contributed by atoms with Crippen LogP contribution in [0.5, 0.6) is 0 Å². The topological polar surface area (TPSA) is 37.3 Å². The molecule has 0 aliphatic carbocycles. The lowest BCUT2D eigenvalue weighted by Crippen LogP contribution is -1.93. The van der Waals surface area contributed by atoms with Crippen molar-refractivity contribution in [2.45, 2.75) is 51.4 Å². The van der Waals surface area contributed by atoms with Gasteiger partial charge in [-0.25, -0.2) is 0 Å². The molecule has 2 nitrogen and oxygen atoms in total. The Kier molecular flexibility index (Phi) is 7.99. The molecule has 0 aliphatic rings. The number of thiophene rings is 1. The monoisotopic (exact) mass is 264 g/mol. The summed E-state index contributed by atoms with van der Waals surface area (Å²) in [5.74, 6) is 5.65. The lowest BCUT2D eigenvalue weighted by Gasteiger charge is -1.98. The first kappa shape index (κ1) is 14.8. The van der Waals surface area contributed by atoms with E-state index in [0.29, 0.717) is 6.42 Å². The second kappa shape index (κ2) is 9.73. The van der Waals surface area contributed by atoms with Crippen LogP contribution in [0.4, 0.5) is 0 Å². The van der Waals surface area contributed by atoms with Gasteiger partial charge in [0.15, 0.2) is 0 Å². The number of carboxylic acid groups (broad SMARTS) is 1. The first-order valence-electron chi connectivity index (χ1n) is 6.52. The molecule has 1 aromatic rings. The van der Waals surface area contributed by atoms with Gasteiger partial charge in [-0.05, 0) is 24.3 Å². The minimum atomic E-state index is -0.682. The lowest BCUT2D eigenvalue weighted by atomic mass is 10.1. The van der Waals surface area contributed by atoms with E-state index in [1.165, 1.54) is 12.8 Å². The van der Waals surface area contributed by atoms with Crippen LogP contribution >= 0.6 is 11.3 Å². The maximum atomic E-state index is 10.3. The van der Waals surface area contributed by atoms with Gasteiger partial charge in [0.2, 0.25) is 0 Å². The normalized spacial score (nSPS) is 9.78. The van der Waals surface area contributed by atoms with E-state index < -0.39 is 5.97 Å². The van der Waals surface area contributed by atoms with Crippen molar-refractivity contribution in [1.29, 1.82) is 0 Å². The fourth-order valence-electron chi connectivity index (χ4n) is 1.70. The third kappa shape index (κ3) is 7.92. The predicted octanol–water partition coefficient (Wildman–Crippen LogP) is 4.31. The number of aliphatic carboxylic acids is 1. The van der Waals surface area contributed by atoms with Crippen LogP contribution in [-0.2, 0) is 4.79 Å². The molecule has 1 rings (SSSR count). The summed E-state index contributed by atoms with van der Waals surface area (Å²) >= 11 is 1.68. The molecular formula is C15H20O2S. The lowest BCUT2D eigenvalue weighted by molar-refractivity contribution is -0.137. The molecule has 0 aromatic carbocycles. The highest BCUT2D eigenvalue weighted by atomic mass is 32.1. The van der Waals surface area contributed by atoms with Crippen LogP contribution in [0.1, 0.15) is 56.9 Å². The average Bonchev–Trinajstić information content (AvgIpc) is 2.84. The van der Waals surface area contributed by atoms with Crippen molar-refractivity contribution in [3.05, 3.63) is 22.4 Å². The number of unbranched alkanes of at least 4 members (excludes halogenated alkanes) is 6. The SMILES string of the molecule is O=C(O)CCCCCCCCC#Cc1ccsc1. The van der Waals surface area contributed by atoms with Gasteiger partial charge in [-0.15, -0.1) is 0 Å². The van der Waals surface area contributed by atoms with Crippen LogP contribution in [0.2, 0.25) is 0 Å². The van der Waals surface area contributed by atoms with Crippen molar-refractivity contribution in [3.63, 3.8) is 0 Å². The van der Waals surface area contributed by atoms with Gasteiger partial charge in [-0.1, -0.05) is 37.5 Å². The first-order chi connectivity index (χ1) is 8.79. The van der Waals surface area contributed by atoms with Gasteiger partial charge in [0.05, 0.1) is 0 Å². The van der Waals surface area contributed by atoms with Gasteiger partial charge in [-0.2, -0.15) is 11.3 Å². The van der Waals surface area contributed by atoms with Crippen LogP contribution in [-0.4, -0.2) is 11.1 Å². The van der Waals surface area contributed by atoms with Crippen molar-refractivity contribution in [2.24, 2.45) is 0 Å². The van der Waals surface area contributed by atoms with Crippen molar-refractivity contribution in [2.75, 3.05) is 0 Å². The Morgan fingerprint density at radius 1 is 1.17 bits per heavy atom. The summed E-state index contributed by atoms with van der Waals surface area (Å²) in [6.45, 7) is 0. The van der Waals surface area contributed by atoms with Gasteiger partial charge in [0, 0.05) is 23.8 Å². The van der Waals surface area contributed by atoms with Crippen LogP contribution in [0.25, 0.3) is 0 Å². The van der Waals surface area contributed by atoms with E-state index in [9.17, 15) is 4.79 Å². The molecule has 0 amide bonds. The zero-order chi connectivity index (χ0) is 13.1. The molecule has 18 heavy (non-hydrogen) atoms. The third-order valence-electron chi connectivity index (χ3n) is 2.70. The van der Waals surface area contributed by atoms with Crippen LogP contribution < -0.4 is 0 Å². The summed E-state index contributed by atoms with van der Waals surface area (Å²) in [6.07, 6.45) is 7.81. The zero-order valence-corrected chi connectivity index (χ0v) is 11.5. The summed E-state index contributed by atoms with van der Waals surface area (Å²) in [5.41, 5.74) is 1.12. The first-order valence-corrected chi connectivity index (χ1v) is 7.46. The molecule has 0 saturated heterocycles. The minimum absolute atomic E-state index is 0.312. The molecule has 0 saturated carbocycles. The van der Waals surface area contributed by atoms with Gasteiger partial charge in [-0.3, -0.25) is 4.79 Å². The maximum Gasteiger partial charge on any atom is 0.303 e. The van der Waals surface area contributed by atoms with E-state index in [2.05, 4.69) is 17.2 Å². The van der Waals surface area contributed by atoms with Crippen molar-refractivity contribution < 1.29 is 9.90 Å². The molecule has 3 heteroatoms. The Hall–Kier alpha value is -1.27. The van der Waals surface area contributed by atoms with Crippen LogP contribution in [0.15, 0.2) is 16.8 Å². The summed E-state index contributed by atoms with van der Waals surface area (Å²) in [4.78, 5) is 10.3. The predicted molar refractivity (Wildman–Crippen MR) is 75.8 cm³/mol. The van der Waals surface area contributed by atoms with E-state index >= 15 is 0 Å². The van der Waals surface area contributed by atoms with Gasteiger partial charge >= 0.3 is 5.97 Å². The largest absolute Gasteiger partial charge is 0.481 e. The molecule has 0 radical (unpaired) electrons. The molecule has 1 aromatic heterocycles. The molecule has 1 heterocycles. The van der Waals surface area contributed by atoms with Crippen LogP contribution in [0.3, 0.4) is 0 Å². The number of rotatable bonds is 8. The van der Waals surface area contributed by atoms with E-state index in [-0.39, 0.29) is 0 Å².